The van der Waals surface area contributed by atoms with E-state index in [1.54, 1.807) is 7.11 Å². The molecule has 1 N–H and O–H groups in total. The number of rotatable bonds is 6. The molecule has 0 amide bonds. The van der Waals surface area contributed by atoms with Crippen molar-refractivity contribution in [1.82, 2.24) is 0 Å². The van der Waals surface area contributed by atoms with E-state index in [0.29, 0.717) is 6.61 Å². The van der Waals surface area contributed by atoms with Crippen LogP contribution in [-0.4, -0.2) is 13.7 Å². The summed E-state index contributed by atoms with van der Waals surface area (Å²) in [6, 6.07) is 15.9. The second kappa shape index (κ2) is 9.70. The summed E-state index contributed by atoms with van der Waals surface area (Å²) in [5.41, 5.74) is 2.11. The Morgan fingerprint density at radius 1 is 1.00 bits per heavy atom. The van der Waals surface area contributed by atoms with Gasteiger partial charge in [-0.25, -0.2) is 0 Å². The van der Waals surface area contributed by atoms with Crippen molar-refractivity contribution in [2.24, 2.45) is 0 Å². The average molecular weight is 287 g/mol. The lowest BCUT2D eigenvalue weighted by Gasteiger charge is -2.12. The predicted octanol–water partition coefficient (Wildman–Crippen LogP) is 4.73. The highest BCUT2D eigenvalue weighted by molar-refractivity contribution is 5.59. The van der Waals surface area contributed by atoms with Crippen molar-refractivity contribution in [1.29, 1.82) is 0 Å². The second-order valence-electron chi connectivity index (χ2n) is 4.17. The highest BCUT2D eigenvalue weighted by Gasteiger charge is 2.04. The largest absolute Gasteiger partial charge is 0.495 e. The fourth-order valence-corrected chi connectivity index (χ4v) is 1.85. The SMILES string of the molecule is CC.CCNc1cc(OCc2ccccc2)ccc1OC. The third-order valence-electron chi connectivity index (χ3n) is 2.79. The standard InChI is InChI=1S/C16H19NO2.C2H6/c1-3-17-15-11-14(9-10-16(15)18-2)19-12-13-7-5-4-6-8-13;1-2/h4-11,17H,3,12H2,1-2H3;1-2H3. The number of methoxy groups -OCH3 is 1. The number of benzene rings is 2. The quantitative estimate of drug-likeness (QED) is 0.833. The van der Waals surface area contributed by atoms with Gasteiger partial charge in [0, 0.05) is 12.6 Å². The molecule has 2 rings (SSSR count). The summed E-state index contributed by atoms with van der Waals surface area (Å²) >= 11 is 0. The van der Waals surface area contributed by atoms with Gasteiger partial charge in [-0.15, -0.1) is 0 Å². The molecule has 0 unspecified atom stereocenters. The Hall–Kier alpha value is -2.16. The second-order valence-corrected chi connectivity index (χ2v) is 4.17. The molecule has 0 atom stereocenters. The molecule has 0 aliphatic heterocycles. The first-order valence-electron chi connectivity index (χ1n) is 7.42. The van der Waals surface area contributed by atoms with Crippen LogP contribution in [-0.2, 0) is 6.61 Å². The van der Waals surface area contributed by atoms with Crippen LogP contribution in [0.15, 0.2) is 48.5 Å². The molecular formula is C18H25NO2. The van der Waals surface area contributed by atoms with Crippen molar-refractivity contribution in [3.8, 4) is 11.5 Å². The molecule has 3 nitrogen and oxygen atoms in total. The molecule has 0 saturated heterocycles. The van der Waals surface area contributed by atoms with Crippen LogP contribution >= 0.6 is 0 Å². The predicted molar refractivity (Wildman–Crippen MR) is 89.3 cm³/mol. The smallest absolute Gasteiger partial charge is 0.142 e. The van der Waals surface area contributed by atoms with Gasteiger partial charge in [0.2, 0.25) is 0 Å². The summed E-state index contributed by atoms with van der Waals surface area (Å²) in [5, 5.41) is 3.26. The van der Waals surface area contributed by atoms with Crippen LogP contribution < -0.4 is 14.8 Å². The molecule has 0 heterocycles. The van der Waals surface area contributed by atoms with Gasteiger partial charge in [-0.1, -0.05) is 44.2 Å². The number of nitrogens with one attached hydrogen (secondary N) is 1. The summed E-state index contributed by atoms with van der Waals surface area (Å²) < 4.78 is 11.1. The number of ether oxygens (including phenoxy) is 2. The molecule has 0 aromatic heterocycles. The maximum atomic E-state index is 5.78. The first kappa shape index (κ1) is 16.9. The van der Waals surface area contributed by atoms with Gasteiger partial charge in [0.15, 0.2) is 0 Å². The maximum Gasteiger partial charge on any atom is 0.142 e. The minimum Gasteiger partial charge on any atom is -0.495 e. The zero-order valence-corrected chi connectivity index (χ0v) is 13.3. The molecule has 0 fully saturated rings. The fraction of sp³-hybridized carbons (Fsp3) is 0.333. The molecule has 0 saturated carbocycles. The van der Waals surface area contributed by atoms with Gasteiger partial charge in [0.05, 0.1) is 12.8 Å². The van der Waals surface area contributed by atoms with Crippen LogP contribution in [0.5, 0.6) is 11.5 Å². The number of hydrogen-bond acceptors (Lipinski definition) is 3. The van der Waals surface area contributed by atoms with Crippen molar-refractivity contribution in [3.63, 3.8) is 0 Å². The van der Waals surface area contributed by atoms with Gasteiger partial charge in [-0.3, -0.25) is 0 Å². The topological polar surface area (TPSA) is 30.5 Å². The van der Waals surface area contributed by atoms with Crippen molar-refractivity contribution in [3.05, 3.63) is 54.1 Å². The minimum atomic E-state index is 0.568. The van der Waals surface area contributed by atoms with E-state index < -0.39 is 0 Å². The zero-order valence-electron chi connectivity index (χ0n) is 13.3. The van der Waals surface area contributed by atoms with Crippen LogP contribution in [0.25, 0.3) is 0 Å². The van der Waals surface area contributed by atoms with Gasteiger partial charge in [-0.05, 0) is 24.6 Å². The van der Waals surface area contributed by atoms with Crippen LogP contribution in [0, 0.1) is 0 Å². The molecule has 0 radical (unpaired) electrons. The van der Waals surface area contributed by atoms with E-state index in [9.17, 15) is 0 Å². The Bertz CT molecular complexity index is 512. The van der Waals surface area contributed by atoms with Gasteiger partial charge in [-0.2, -0.15) is 0 Å². The molecule has 21 heavy (non-hydrogen) atoms. The van der Waals surface area contributed by atoms with Crippen LogP contribution in [0.3, 0.4) is 0 Å². The summed E-state index contributed by atoms with van der Waals surface area (Å²) in [5.74, 6) is 1.66. The summed E-state index contributed by atoms with van der Waals surface area (Å²) in [6.07, 6.45) is 0. The fourth-order valence-electron chi connectivity index (χ4n) is 1.85. The van der Waals surface area contributed by atoms with Crippen LogP contribution in [0.4, 0.5) is 5.69 Å². The van der Waals surface area contributed by atoms with Crippen molar-refractivity contribution in [2.75, 3.05) is 19.0 Å². The summed E-state index contributed by atoms with van der Waals surface area (Å²) in [7, 11) is 1.67. The Balaban J connectivity index is 0.00000106. The van der Waals surface area contributed by atoms with Gasteiger partial charge in [0.25, 0.3) is 0 Å². The summed E-state index contributed by atoms with van der Waals surface area (Å²) in [4.78, 5) is 0. The molecule has 0 bridgehead atoms. The van der Waals surface area contributed by atoms with E-state index >= 15 is 0 Å². The lowest BCUT2D eigenvalue weighted by molar-refractivity contribution is 0.305. The summed E-state index contributed by atoms with van der Waals surface area (Å²) in [6.45, 7) is 7.47. The average Bonchev–Trinajstić information content (AvgIpc) is 2.56. The molecule has 0 spiro atoms. The lowest BCUT2D eigenvalue weighted by atomic mass is 10.2. The monoisotopic (exact) mass is 287 g/mol. The molecule has 2 aromatic carbocycles. The van der Waals surface area contributed by atoms with E-state index in [1.165, 1.54) is 0 Å². The molecule has 2 aromatic rings. The third-order valence-corrected chi connectivity index (χ3v) is 2.79. The first-order chi connectivity index (χ1) is 10.3. The first-order valence-corrected chi connectivity index (χ1v) is 7.42. The molecule has 3 heteroatoms. The molecular weight excluding hydrogens is 262 g/mol. The Labute approximate surface area is 127 Å². The highest BCUT2D eigenvalue weighted by atomic mass is 16.5. The highest BCUT2D eigenvalue weighted by Crippen LogP contribution is 2.29. The minimum absolute atomic E-state index is 0.568. The molecule has 0 aliphatic carbocycles. The Kier molecular flexibility index (Phi) is 7.80. The Morgan fingerprint density at radius 2 is 1.71 bits per heavy atom. The zero-order chi connectivity index (χ0) is 15.5. The van der Waals surface area contributed by atoms with Crippen LogP contribution in [0.2, 0.25) is 0 Å². The molecule has 0 aliphatic rings. The van der Waals surface area contributed by atoms with E-state index in [4.69, 9.17) is 9.47 Å². The molecule has 114 valence electrons. The van der Waals surface area contributed by atoms with E-state index in [-0.39, 0.29) is 0 Å². The van der Waals surface area contributed by atoms with Gasteiger partial charge < -0.3 is 14.8 Å². The number of hydrogen-bond donors (Lipinski definition) is 1. The van der Waals surface area contributed by atoms with Gasteiger partial charge in [0.1, 0.15) is 18.1 Å². The van der Waals surface area contributed by atoms with Crippen molar-refractivity contribution in [2.45, 2.75) is 27.4 Å². The van der Waals surface area contributed by atoms with Gasteiger partial charge >= 0.3 is 0 Å². The van der Waals surface area contributed by atoms with E-state index in [1.807, 2.05) is 50.2 Å². The van der Waals surface area contributed by atoms with E-state index in [0.717, 1.165) is 29.3 Å². The Morgan fingerprint density at radius 3 is 2.33 bits per heavy atom. The van der Waals surface area contributed by atoms with Crippen molar-refractivity contribution < 1.29 is 9.47 Å². The third kappa shape index (κ3) is 5.38. The van der Waals surface area contributed by atoms with E-state index in [2.05, 4.69) is 24.4 Å². The van der Waals surface area contributed by atoms with Crippen molar-refractivity contribution >= 4 is 5.69 Å². The lowest BCUT2D eigenvalue weighted by Crippen LogP contribution is -2.01. The maximum absolute atomic E-state index is 5.78. The van der Waals surface area contributed by atoms with Crippen LogP contribution in [0.1, 0.15) is 26.3 Å². The normalized spacial score (nSPS) is 9.33. The number of anilines is 1.